The molecule has 0 aliphatic carbocycles. The summed E-state index contributed by atoms with van der Waals surface area (Å²) in [7, 11) is 2.58. The van der Waals surface area contributed by atoms with Gasteiger partial charge in [-0.15, -0.1) is 0 Å². The van der Waals surface area contributed by atoms with Gasteiger partial charge in [0, 0.05) is 41.6 Å². The van der Waals surface area contributed by atoms with Gasteiger partial charge in [0.2, 0.25) is 11.8 Å². The molecule has 6 heterocycles. The van der Waals surface area contributed by atoms with Crippen LogP contribution in [0.5, 0.6) is 5.75 Å². The summed E-state index contributed by atoms with van der Waals surface area (Å²) in [5.74, 6) is 1.59. The second-order valence-electron chi connectivity index (χ2n) is 18.1. The van der Waals surface area contributed by atoms with Crippen molar-refractivity contribution in [2.24, 2.45) is 11.8 Å². The molecule has 66 heavy (non-hydrogen) atoms. The molecule has 2 fully saturated rings. The van der Waals surface area contributed by atoms with E-state index in [2.05, 4.69) is 79.8 Å². The Labute approximate surface area is 383 Å². The van der Waals surface area contributed by atoms with E-state index in [1.54, 1.807) is 6.20 Å². The van der Waals surface area contributed by atoms with Gasteiger partial charge in [0.05, 0.1) is 61.3 Å². The van der Waals surface area contributed by atoms with Crippen LogP contribution in [0.4, 0.5) is 9.59 Å². The van der Waals surface area contributed by atoms with Gasteiger partial charge in [0.25, 0.3) is 0 Å². The summed E-state index contributed by atoms with van der Waals surface area (Å²) in [6.45, 7) is 8.76. The Balaban J connectivity index is 0.999. The van der Waals surface area contributed by atoms with Crippen molar-refractivity contribution in [1.29, 1.82) is 0 Å². The van der Waals surface area contributed by atoms with Gasteiger partial charge in [-0.05, 0) is 73.4 Å². The number of rotatable bonds is 12. The average Bonchev–Trinajstić information content (AvgIpc) is 4.18. The highest BCUT2D eigenvalue weighted by Gasteiger charge is 2.39. The second kappa shape index (κ2) is 18.4. The molecule has 3 aliphatic rings. The number of hydrogen-bond donors (Lipinski definition) is 4. The molecule has 6 aromatic rings. The zero-order valence-corrected chi connectivity index (χ0v) is 38.2. The summed E-state index contributed by atoms with van der Waals surface area (Å²) in [5.41, 5.74) is 7.68. The maximum Gasteiger partial charge on any atom is 0.407 e. The Morgan fingerprint density at radius 3 is 1.82 bits per heavy atom. The molecule has 0 bridgehead atoms. The molecule has 16 nitrogen and oxygen atoms in total. The maximum atomic E-state index is 13.8. The fourth-order valence-corrected chi connectivity index (χ4v) is 9.76. The third-order valence-electron chi connectivity index (χ3n) is 13.2. The van der Waals surface area contributed by atoms with Crippen LogP contribution >= 0.6 is 0 Å². The fourth-order valence-electron chi connectivity index (χ4n) is 9.76. The predicted molar refractivity (Wildman–Crippen MR) is 248 cm³/mol. The Kier molecular flexibility index (Phi) is 12.3. The lowest BCUT2D eigenvalue weighted by Gasteiger charge is -2.30. The fraction of sp³-hybridized carbons (Fsp3) is 0.400. The number of nitrogens with one attached hydrogen (secondary N) is 4. The topological polar surface area (TPSA) is 189 Å². The highest BCUT2D eigenvalue weighted by Crippen LogP contribution is 2.45. The van der Waals surface area contributed by atoms with Gasteiger partial charge in [-0.1, -0.05) is 70.2 Å². The van der Waals surface area contributed by atoms with Crippen LogP contribution in [0.3, 0.4) is 0 Å². The number of hydrogen-bond acceptors (Lipinski definition) is 9. The van der Waals surface area contributed by atoms with Gasteiger partial charge in [0.15, 0.2) is 6.23 Å². The molecule has 1 unspecified atom stereocenters. The summed E-state index contributed by atoms with van der Waals surface area (Å²) in [4.78, 5) is 72.0. The van der Waals surface area contributed by atoms with Crippen LogP contribution in [0.25, 0.3) is 44.7 Å². The Hall–Kier alpha value is -7.10. The van der Waals surface area contributed by atoms with Crippen molar-refractivity contribution < 1.29 is 33.4 Å². The van der Waals surface area contributed by atoms with Gasteiger partial charge in [-0.3, -0.25) is 9.59 Å². The SMILES string of the molecule is COC(=O)N[C@H](C(=O)N1CCC[C@H]1c1ncc(-c2ccc3c(c2)OC(Cc2ccccc2)n2c-3cc3cc(-c4cnc([C@@H]5CCCN5C(=O)[C@@H](NC(=O)OC)C(C)C)[nH]4)ccc32)[nH]1)C(C)C. The molecule has 5 atom stereocenters. The summed E-state index contributed by atoms with van der Waals surface area (Å²) >= 11 is 0. The Morgan fingerprint density at radius 2 is 1.27 bits per heavy atom. The number of fused-ring (bicyclic) bond motifs is 5. The van der Waals surface area contributed by atoms with Crippen LogP contribution < -0.4 is 15.4 Å². The van der Waals surface area contributed by atoms with Crippen molar-refractivity contribution in [1.82, 2.24) is 44.9 Å². The van der Waals surface area contributed by atoms with E-state index in [9.17, 15) is 19.2 Å². The number of nitrogens with zero attached hydrogens (tertiary/aromatic N) is 5. The van der Waals surface area contributed by atoms with E-state index in [4.69, 9.17) is 24.2 Å². The van der Waals surface area contributed by atoms with Crippen molar-refractivity contribution >= 4 is 34.9 Å². The number of imidazole rings is 2. The molecule has 0 spiro atoms. The average molecular weight is 896 g/mol. The van der Waals surface area contributed by atoms with Gasteiger partial charge in [-0.25, -0.2) is 19.6 Å². The number of methoxy groups -OCH3 is 2. The first kappa shape index (κ1) is 44.1. The minimum atomic E-state index is -0.718. The number of amides is 4. The van der Waals surface area contributed by atoms with Gasteiger partial charge in [0.1, 0.15) is 29.5 Å². The van der Waals surface area contributed by atoms with Gasteiger partial charge < -0.3 is 49.2 Å². The number of ether oxygens (including phenoxy) is 3. The van der Waals surface area contributed by atoms with Crippen molar-refractivity contribution in [2.45, 2.75) is 90.2 Å². The van der Waals surface area contributed by atoms with Crippen molar-refractivity contribution in [3.05, 3.63) is 102 Å². The molecule has 3 aromatic heterocycles. The number of H-pyrrole nitrogens is 2. The Morgan fingerprint density at radius 1 is 0.727 bits per heavy atom. The summed E-state index contributed by atoms with van der Waals surface area (Å²) in [5, 5.41) is 6.48. The van der Waals surface area contributed by atoms with Crippen LogP contribution in [-0.2, 0) is 25.5 Å². The van der Waals surface area contributed by atoms with E-state index in [1.165, 1.54) is 14.2 Å². The monoisotopic (exact) mass is 895 g/mol. The largest absolute Gasteiger partial charge is 0.469 e. The zero-order valence-electron chi connectivity index (χ0n) is 38.2. The number of alkyl carbamates (subject to hydrolysis) is 2. The van der Waals surface area contributed by atoms with Crippen LogP contribution in [0.1, 0.15) is 88.9 Å². The van der Waals surface area contributed by atoms with E-state index in [-0.39, 0.29) is 42.0 Å². The molecule has 344 valence electrons. The first-order valence-corrected chi connectivity index (χ1v) is 22.8. The summed E-state index contributed by atoms with van der Waals surface area (Å²) < 4.78 is 18.8. The summed E-state index contributed by atoms with van der Waals surface area (Å²) in [6, 6.07) is 23.2. The quantitative estimate of drug-likeness (QED) is 0.0937. The number of carbonyl (C=O) groups excluding carboxylic acids is 4. The predicted octanol–water partition coefficient (Wildman–Crippen LogP) is 8.31. The normalized spacial score (nSPS) is 18.8. The van der Waals surface area contributed by atoms with Gasteiger partial charge >= 0.3 is 12.2 Å². The number of aromatic amines is 2. The molecule has 3 aliphatic heterocycles. The van der Waals surface area contributed by atoms with Gasteiger partial charge in [-0.2, -0.15) is 0 Å². The number of aromatic nitrogens is 5. The molecule has 0 radical (unpaired) electrons. The van der Waals surface area contributed by atoms with Crippen molar-refractivity contribution in [3.63, 3.8) is 0 Å². The van der Waals surface area contributed by atoms with E-state index in [0.29, 0.717) is 31.2 Å². The molecule has 9 rings (SSSR count). The van der Waals surface area contributed by atoms with E-state index < -0.39 is 24.3 Å². The maximum absolute atomic E-state index is 13.8. The van der Waals surface area contributed by atoms with E-state index in [1.807, 2.05) is 61.9 Å². The molecule has 3 aromatic carbocycles. The number of benzene rings is 3. The number of carbonyl (C=O) groups is 4. The highest BCUT2D eigenvalue weighted by atomic mass is 16.5. The third kappa shape index (κ3) is 8.47. The second-order valence-corrected chi connectivity index (χ2v) is 18.1. The van der Waals surface area contributed by atoms with E-state index >= 15 is 0 Å². The Bertz CT molecular complexity index is 2760. The standard InChI is InChI=1S/C50H57N9O7/c1-28(2)43(55-49(62)64-5)47(60)57-20-10-14-38(57)45-51-26-35(53-45)31-17-19-37-33(23-31)24-40-34-18-16-32(25-41(34)66-42(59(37)40)22-30-12-8-7-9-13-30)36-27-52-46(54-36)39-15-11-21-58(39)48(61)44(29(3)4)56-50(63)65-6/h7-9,12-13,16-19,23-29,38-39,42-44H,10-11,14-15,20-22H2,1-6H3,(H,51,53)(H,52,54)(H,55,62)(H,56,63)/t38-,39-,42?,43-,44-/m0/s1. The smallest absolute Gasteiger partial charge is 0.407 e. The number of likely N-dealkylation sites (tertiary alicyclic amines) is 2. The lowest BCUT2D eigenvalue weighted by Crippen LogP contribution is -2.51. The minimum absolute atomic E-state index is 0.127. The van der Waals surface area contributed by atoms with Crippen LogP contribution in [-0.4, -0.2) is 97.7 Å². The molecular weight excluding hydrogens is 839 g/mol. The lowest BCUT2D eigenvalue weighted by atomic mass is 10.0. The molecule has 16 heteroatoms. The minimum Gasteiger partial charge on any atom is -0.469 e. The van der Waals surface area contributed by atoms with Crippen molar-refractivity contribution in [2.75, 3.05) is 27.3 Å². The van der Waals surface area contributed by atoms with E-state index in [0.717, 1.165) is 81.7 Å². The zero-order chi connectivity index (χ0) is 46.2. The highest BCUT2D eigenvalue weighted by molar-refractivity contribution is 5.92. The molecule has 0 saturated carbocycles. The van der Waals surface area contributed by atoms with Crippen LogP contribution in [0.2, 0.25) is 0 Å². The molecule has 4 amide bonds. The van der Waals surface area contributed by atoms with Crippen LogP contribution in [0.15, 0.2) is 85.2 Å². The first-order valence-electron chi connectivity index (χ1n) is 22.8. The summed E-state index contributed by atoms with van der Waals surface area (Å²) in [6.07, 6.45) is 5.82. The molecule has 2 saturated heterocycles. The molecular formula is C50H57N9O7. The first-order chi connectivity index (χ1) is 31.9. The lowest BCUT2D eigenvalue weighted by molar-refractivity contribution is -0.136. The van der Waals surface area contributed by atoms with Crippen LogP contribution in [0, 0.1) is 11.8 Å². The third-order valence-corrected chi connectivity index (χ3v) is 13.2. The van der Waals surface area contributed by atoms with Crippen molar-refractivity contribution in [3.8, 4) is 39.5 Å². The molecule has 4 N–H and O–H groups in total.